The Morgan fingerprint density at radius 2 is 1.67 bits per heavy atom. The number of aromatic nitrogens is 3. The van der Waals surface area contributed by atoms with Crippen molar-refractivity contribution in [2.24, 2.45) is 10.8 Å². The second kappa shape index (κ2) is 18.5. The third kappa shape index (κ3) is 9.19. The Kier molecular flexibility index (Phi) is 12.2. The van der Waals surface area contributed by atoms with Crippen LogP contribution in [0.5, 0.6) is 6.01 Å². The Morgan fingerprint density at radius 1 is 0.877 bits per heavy atom. The SMILES string of the molecule is CCc1c(F)ccc2cc(C)cc(-c3ncc4c(N5CCC[C@@](C)(O)C5)nc(OCC5(CN6CCC7(CC6)CC(OC6CCN(c8ccc9c(c8)CN(C8CCC(=O)NC8=O)C9=O)CC6)C7)CC5)nc4c3F)c12. The summed E-state index contributed by atoms with van der Waals surface area (Å²) in [6.07, 6.45) is 13.1. The molecule has 0 bridgehead atoms. The number of ether oxygens (including phenoxy) is 2. The molecule has 1 unspecified atom stereocenters. The van der Waals surface area contributed by atoms with E-state index in [1.807, 2.05) is 49.9 Å². The Bertz CT molecular complexity index is 3030. The number of rotatable bonds is 12. The third-order valence-corrected chi connectivity index (χ3v) is 17.5. The number of fused-ring (bicyclic) bond motifs is 3. The Balaban J connectivity index is 0.660. The van der Waals surface area contributed by atoms with Gasteiger partial charge in [0.2, 0.25) is 11.8 Å². The number of β-amino-alcohol motifs (C(OH)–C–C–N with tert-alkyl or cyclic N) is 1. The lowest BCUT2D eigenvalue weighted by Gasteiger charge is -2.53. The van der Waals surface area contributed by atoms with Gasteiger partial charge >= 0.3 is 6.01 Å². The van der Waals surface area contributed by atoms with Crippen LogP contribution >= 0.6 is 0 Å². The Hall–Kier alpha value is -5.84. The lowest BCUT2D eigenvalue weighted by Crippen LogP contribution is -2.52. The van der Waals surface area contributed by atoms with Gasteiger partial charge in [0.15, 0.2) is 5.82 Å². The molecule has 2 atom stereocenters. The molecule has 73 heavy (non-hydrogen) atoms. The number of nitrogens with zero attached hydrogens (tertiary/aromatic N) is 7. The summed E-state index contributed by atoms with van der Waals surface area (Å²) in [5.74, 6) is -1.28. The number of halogens is 2. The van der Waals surface area contributed by atoms with Gasteiger partial charge in [-0.25, -0.2) is 8.78 Å². The van der Waals surface area contributed by atoms with Gasteiger partial charge in [-0.05, 0) is 167 Å². The molecule has 2 N–H and O–H groups in total. The smallest absolute Gasteiger partial charge is 0.319 e. The summed E-state index contributed by atoms with van der Waals surface area (Å²) in [5.41, 5.74) is 4.16. The van der Waals surface area contributed by atoms with Gasteiger partial charge in [-0.15, -0.1) is 0 Å². The summed E-state index contributed by atoms with van der Waals surface area (Å²) < 4.78 is 45.7. The molecule has 0 radical (unpaired) electrons. The molecule has 2 aliphatic carbocycles. The number of nitrogens with one attached hydrogen (secondary N) is 1. The van der Waals surface area contributed by atoms with Gasteiger partial charge in [-0.2, -0.15) is 9.97 Å². The van der Waals surface area contributed by atoms with Crippen LogP contribution in [0.15, 0.2) is 48.7 Å². The fourth-order valence-electron chi connectivity index (χ4n) is 13.2. The molecule has 5 aliphatic heterocycles. The highest BCUT2D eigenvalue weighted by atomic mass is 19.1. The zero-order valence-corrected chi connectivity index (χ0v) is 42.3. The zero-order valence-electron chi connectivity index (χ0n) is 42.3. The number of anilines is 2. The number of carbonyl (C=O) groups is 3. The predicted octanol–water partition coefficient (Wildman–Crippen LogP) is 8.20. The van der Waals surface area contributed by atoms with Crippen LogP contribution < -0.4 is 19.9 Å². The number of aryl methyl sites for hydroxylation is 2. The van der Waals surface area contributed by atoms with Crippen LogP contribution in [-0.4, -0.2) is 124 Å². The minimum atomic E-state index is -0.939. The van der Waals surface area contributed by atoms with Crippen molar-refractivity contribution in [2.75, 3.05) is 62.2 Å². The maximum atomic E-state index is 17.2. The lowest BCUT2D eigenvalue weighted by molar-refractivity contribution is -0.137. The number of carbonyl (C=O) groups excluding carboxylic acids is 3. The highest BCUT2D eigenvalue weighted by Gasteiger charge is 2.50. The molecule has 16 heteroatoms. The first kappa shape index (κ1) is 48.1. The molecular formula is C57H66F2N8O6. The van der Waals surface area contributed by atoms with Crippen molar-refractivity contribution in [1.82, 2.24) is 30.1 Å². The highest BCUT2D eigenvalue weighted by molar-refractivity contribution is 6.06. The minimum Gasteiger partial charge on any atom is -0.463 e. The minimum absolute atomic E-state index is 0.0334. The average Bonchev–Trinajstić information content (AvgIpc) is 4.06. The second-order valence-electron chi connectivity index (χ2n) is 23.0. The Morgan fingerprint density at radius 3 is 2.41 bits per heavy atom. The number of benzene rings is 3. The van der Waals surface area contributed by atoms with E-state index in [4.69, 9.17) is 24.4 Å². The second-order valence-corrected chi connectivity index (χ2v) is 23.0. The lowest BCUT2D eigenvalue weighted by atomic mass is 9.61. The Labute approximate surface area is 424 Å². The highest BCUT2D eigenvalue weighted by Crippen LogP contribution is 2.53. The van der Waals surface area contributed by atoms with Crippen molar-refractivity contribution < 1.29 is 37.7 Å². The molecule has 6 fully saturated rings. The van der Waals surface area contributed by atoms with Crippen molar-refractivity contribution in [3.05, 3.63) is 82.5 Å². The van der Waals surface area contributed by atoms with E-state index in [0.717, 1.165) is 113 Å². The van der Waals surface area contributed by atoms with Gasteiger partial charge in [-0.1, -0.05) is 19.1 Å². The molecule has 12 rings (SSSR count). The van der Waals surface area contributed by atoms with Gasteiger partial charge in [0, 0.05) is 74.1 Å². The fourth-order valence-corrected chi connectivity index (χ4v) is 13.2. The maximum Gasteiger partial charge on any atom is 0.319 e. The number of hydrogen-bond donors (Lipinski definition) is 2. The van der Waals surface area contributed by atoms with Crippen LogP contribution in [0.25, 0.3) is 32.9 Å². The van der Waals surface area contributed by atoms with Crippen LogP contribution in [0.4, 0.5) is 20.3 Å². The number of hydrogen-bond acceptors (Lipinski definition) is 12. The number of piperidine rings is 4. The van der Waals surface area contributed by atoms with Crippen LogP contribution in [-0.2, 0) is 27.3 Å². The average molecular weight is 997 g/mol. The fraction of sp³-hybridized carbons (Fsp3) is 0.544. The normalized spacial score (nSPS) is 24.4. The van der Waals surface area contributed by atoms with Crippen LogP contribution in [0.1, 0.15) is 118 Å². The molecule has 384 valence electrons. The van der Waals surface area contributed by atoms with Crippen molar-refractivity contribution in [2.45, 2.75) is 135 Å². The van der Waals surface area contributed by atoms with Crippen molar-refractivity contribution in [3.8, 4) is 17.3 Å². The number of aliphatic hydroxyl groups is 1. The van der Waals surface area contributed by atoms with Gasteiger partial charge in [0.05, 0.1) is 29.8 Å². The van der Waals surface area contributed by atoms with Gasteiger partial charge in [0.1, 0.15) is 28.9 Å². The van der Waals surface area contributed by atoms with E-state index in [9.17, 15) is 19.5 Å². The van der Waals surface area contributed by atoms with E-state index in [1.54, 1.807) is 17.2 Å². The first-order chi connectivity index (χ1) is 35.1. The number of pyridine rings is 1. The van der Waals surface area contributed by atoms with Crippen LogP contribution in [0.2, 0.25) is 0 Å². The summed E-state index contributed by atoms with van der Waals surface area (Å²) in [4.78, 5) is 60.4. The third-order valence-electron chi connectivity index (χ3n) is 17.5. The van der Waals surface area contributed by atoms with E-state index < -0.39 is 23.4 Å². The molecule has 7 aliphatic rings. The van der Waals surface area contributed by atoms with E-state index in [2.05, 4.69) is 21.2 Å². The maximum absolute atomic E-state index is 17.2. The zero-order chi connectivity index (χ0) is 50.4. The number of amides is 3. The summed E-state index contributed by atoms with van der Waals surface area (Å²) >= 11 is 0. The van der Waals surface area contributed by atoms with Crippen LogP contribution in [0, 0.1) is 29.4 Å². The monoisotopic (exact) mass is 997 g/mol. The van der Waals surface area contributed by atoms with Crippen molar-refractivity contribution in [1.29, 1.82) is 0 Å². The quantitative estimate of drug-likeness (QED) is 0.116. The first-order valence-electron chi connectivity index (χ1n) is 26.7. The molecule has 4 saturated heterocycles. The largest absolute Gasteiger partial charge is 0.463 e. The molecule has 7 heterocycles. The molecule has 14 nitrogen and oxygen atoms in total. The van der Waals surface area contributed by atoms with Crippen LogP contribution in [0.3, 0.4) is 0 Å². The summed E-state index contributed by atoms with van der Waals surface area (Å²) in [6, 6.07) is 12.6. The molecule has 1 spiro atoms. The standard InChI is InChI=1S/C57H66F2N8O6/c1-4-40-44(58)9-6-35-24-34(2)25-42(47(35)40)49-48(59)50-43(29-60-49)51(66-19-5-14-55(3,71)31-66)63-54(62-50)72-33-57(15-16-57)32-64-22-17-56(18-23-64)27-39(28-56)73-38-12-20-65(21-13-38)37-7-8-41-36(26-37)30-67(53(41)70)45-10-11-46(68)61-52(45)69/h6-9,24-26,29,38-39,45,71H,4-5,10-23,27-28,30-33H2,1-3H3,(H,61,68,69)/t45?,55-/m1/s1. The van der Waals surface area contributed by atoms with Crippen molar-refractivity contribution >= 4 is 50.9 Å². The summed E-state index contributed by atoms with van der Waals surface area (Å²) in [6.45, 7) is 12.2. The molecule has 3 aromatic carbocycles. The number of likely N-dealkylation sites (tertiary alicyclic amines) is 1. The molecule has 5 aromatic rings. The summed E-state index contributed by atoms with van der Waals surface area (Å²) in [5, 5.41) is 15.4. The van der Waals surface area contributed by atoms with E-state index in [0.29, 0.717) is 90.3 Å². The van der Waals surface area contributed by atoms with E-state index in [1.165, 1.54) is 6.07 Å². The summed E-state index contributed by atoms with van der Waals surface area (Å²) in [7, 11) is 0. The van der Waals surface area contributed by atoms with Gasteiger partial charge < -0.3 is 34.2 Å². The van der Waals surface area contributed by atoms with Crippen molar-refractivity contribution in [3.63, 3.8) is 0 Å². The molecular weight excluding hydrogens is 931 g/mol. The van der Waals surface area contributed by atoms with E-state index >= 15 is 8.78 Å². The van der Waals surface area contributed by atoms with E-state index in [-0.39, 0.29) is 52.8 Å². The van der Waals surface area contributed by atoms with Gasteiger partial charge in [-0.3, -0.25) is 24.7 Å². The number of imide groups is 1. The first-order valence-corrected chi connectivity index (χ1v) is 26.7. The molecule has 2 aromatic heterocycles. The molecule has 3 amide bonds. The molecule has 2 saturated carbocycles. The predicted molar refractivity (Wildman–Crippen MR) is 273 cm³/mol. The topological polar surface area (TPSA) is 154 Å². The van der Waals surface area contributed by atoms with Gasteiger partial charge in [0.25, 0.3) is 5.91 Å².